The Labute approximate surface area is 81.0 Å². The van der Waals surface area contributed by atoms with Crippen LogP contribution in [-0.2, 0) is 0 Å². The number of aliphatic hydroxyl groups is 2. The Morgan fingerprint density at radius 3 is 2.08 bits per heavy atom. The molecule has 0 aromatic heterocycles. The highest BCUT2D eigenvalue weighted by molar-refractivity contribution is 4.83. The van der Waals surface area contributed by atoms with Gasteiger partial charge in [-0.3, -0.25) is 0 Å². The van der Waals surface area contributed by atoms with Crippen molar-refractivity contribution < 1.29 is 10.2 Å². The highest BCUT2D eigenvalue weighted by Crippen LogP contribution is 2.33. The summed E-state index contributed by atoms with van der Waals surface area (Å²) >= 11 is 0. The molecule has 78 valence electrons. The Bertz CT molecular complexity index is 156. The van der Waals surface area contributed by atoms with E-state index in [9.17, 15) is 10.2 Å². The second-order valence-corrected chi connectivity index (χ2v) is 5.41. The van der Waals surface area contributed by atoms with Gasteiger partial charge in [-0.15, -0.1) is 0 Å². The second-order valence-electron chi connectivity index (χ2n) is 5.41. The van der Waals surface area contributed by atoms with Crippen molar-refractivity contribution in [1.29, 1.82) is 0 Å². The van der Waals surface area contributed by atoms with E-state index in [1.165, 1.54) is 19.3 Å². The Morgan fingerprint density at radius 1 is 1.23 bits per heavy atom. The molecule has 0 aromatic carbocycles. The summed E-state index contributed by atoms with van der Waals surface area (Å²) in [6.07, 6.45) is 3.40. The van der Waals surface area contributed by atoms with E-state index in [2.05, 4.69) is 0 Å². The molecule has 1 aliphatic carbocycles. The minimum absolute atomic E-state index is 0.205. The smallest absolute Gasteiger partial charge is 0.0847 e. The third kappa shape index (κ3) is 2.96. The summed E-state index contributed by atoms with van der Waals surface area (Å²) in [4.78, 5) is 0. The zero-order chi connectivity index (χ0) is 10.1. The third-order valence-corrected chi connectivity index (χ3v) is 3.05. The molecule has 0 amide bonds. The van der Waals surface area contributed by atoms with Gasteiger partial charge in [0.1, 0.15) is 0 Å². The Morgan fingerprint density at radius 2 is 1.77 bits per heavy atom. The maximum atomic E-state index is 9.77. The zero-order valence-corrected chi connectivity index (χ0v) is 8.95. The van der Waals surface area contributed by atoms with Gasteiger partial charge in [0.25, 0.3) is 0 Å². The summed E-state index contributed by atoms with van der Waals surface area (Å²) in [6, 6.07) is 0. The highest BCUT2D eigenvalue weighted by atomic mass is 16.3. The lowest BCUT2D eigenvalue weighted by molar-refractivity contribution is -0.0580. The van der Waals surface area contributed by atoms with Crippen LogP contribution in [0.5, 0.6) is 0 Å². The summed E-state index contributed by atoms with van der Waals surface area (Å²) in [5, 5.41) is 19.5. The predicted molar refractivity (Wildman–Crippen MR) is 53.4 cm³/mol. The predicted octanol–water partition coefficient (Wildman–Crippen LogP) is 1.94. The maximum absolute atomic E-state index is 9.77. The first-order valence-corrected chi connectivity index (χ1v) is 5.27. The van der Waals surface area contributed by atoms with Crippen molar-refractivity contribution in [3.63, 3.8) is 0 Å². The van der Waals surface area contributed by atoms with Gasteiger partial charge in [-0.1, -0.05) is 40.0 Å². The molecule has 0 saturated heterocycles. The van der Waals surface area contributed by atoms with E-state index < -0.39 is 12.2 Å². The molecule has 1 rings (SSSR count). The van der Waals surface area contributed by atoms with Crippen LogP contribution in [0.2, 0.25) is 0 Å². The van der Waals surface area contributed by atoms with Gasteiger partial charge < -0.3 is 10.2 Å². The molecule has 0 aromatic rings. The summed E-state index contributed by atoms with van der Waals surface area (Å²) < 4.78 is 0. The molecule has 2 atom stereocenters. The Hall–Kier alpha value is -0.0800. The minimum Gasteiger partial charge on any atom is -0.390 e. The van der Waals surface area contributed by atoms with Crippen LogP contribution in [0.25, 0.3) is 0 Å². The molecule has 0 radical (unpaired) electrons. The summed E-state index contributed by atoms with van der Waals surface area (Å²) in [7, 11) is 0. The van der Waals surface area contributed by atoms with E-state index >= 15 is 0 Å². The van der Waals surface area contributed by atoms with Crippen LogP contribution in [0.1, 0.15) is 46.5 Å². The molecule has 2 heteroatoms. The lowest BCUT2D eigenvalue weighted by atomic mass is 9.77. The monoisotopic (exact) mass is 186 g/mol. The number of hydrogen-bond acceptors (Lipinski definition) is 2. The second kappa shape index (κ2) is 3.97. The molecule has 2 N–H and O–H groups in total. The molecule has 1 fully saturated rings. The fraction of sp³-hybridized carbons (Fsp3) is 1.00. The number of rotatable bonds is 3. The van der Waals surface area contributed by atoms with E-state index in [4.69, 9.17) is 0 Å². The maximum Gasteiger partial charge on any atom is 0.0847 e. The molecule has 0 heterocycles. The SMILES string of the molecule is CC(C)(C)C(O)C(O)CC1CCC1. The van der Waals surface area contributed by atoms with Crippen molar-refractivity contribution in [2.24, 2.45) is 11.3 Å². The van der Waals surface area contributed by atoms with Gasteiger partial charge in [0.2, 0.25) is 0 Å². The van der Waals surface area contributed by atoms with Crippen molar-refractivity contribution in [1.82, 2.24) is 0 Å². The Balaban J connectivity index is 2.32. The van der Waals surface area contributed by atoms with Crippen LogP contribution >= 0.6 is 0 Å². The van der Waals surface area contributed by atoms with Gasteiger partial charge in [0, 0.05) is 0 Å². The summed E-state index contributed by atoms with van der Waals surface area (Å²) in [5.41, 5.74) is -0.205. The molecule has 0 aliphatic heterocycles. The average Bonchev–Trinajstić information content (AvgIpc) is 1.93. The van der Waals surface area contributed by atoms with Crippen molar-refractivity contribution >= 4 is 0 Å². The van der Waals surface area contributed by atoms with E-state index in [1.807, 2.05) is 20.8 Å². The zero-order valence-electron chi connectivity index (χ0n) is 8.95. The van der Waals surface area contributed by atoms with Crippen molar-refractivity contribution in [3.05, 3.63) is 0 Å². The molecule has 1 saturated carbocycles. The fourth-order valence-electron chi connectivity index (χ4n) is 1.78. The van der Waals surface area contributed by atoms with Crippen LogP contribution in [0.15, 0.2) is 0 Å². The third-order valence-electron chi connectivity index (χ3n) is 3.05. The molecule has 2 unspecified atom stereocenters. The van der Waals surface area contributed by atoms with E-state index in [-0.39, 0.29) is 5.41 Å². The van der Waals surface area contributed by atoms with Gasteiger partial charge in [-0.2, -0.15) is 0 Å². The normalized spacial score (nSPS) is 23.8. The lowest BCUT2D eigenvalue weighted by Gasteiger charge is -2.34. The number of aliphatic hydroxyl groups excluding tert-OH is 2. The van der Waals surface area contributed by atoms with Crippen LogP contribution in [0.3, 0.4) is 0 Å². The quantitative estimate of drug-likeness (QED) is 0.707. The average molecular weight is 186 g/mol. The molecule has 1 aliphatic rings. The molecule has 0 spiro atoms. The minimum atomic E-state index is -0.590. The standard InChI is InChI=1S/C11H22O2/c1-11(2,3)10(13)9(12)7-8-5-4-6-8/h8-10,12-13H,4-7H2,1-3H3. The number of hydrogen-bond donors (Lipinski definition) is 2. The topological polar surface area (TPSA) is 40.5 Å². The largest absolute Gasteiger partial charge is 0.390 e. The van der Waals surface area contributed by atoms with Crippen LogP contribution in [0.4, 0.5) is 0 Å². The summed E-state index contributed by atoms with van der Waals surface area (Å²) in [5.74, 6) is 0.659. The van der Waals surface area contributed by atoms with E-state index in [0.717, 1.165) is 6.42 Å². The molecular formula is C11H22O2. The first-order chi connectivity index (χ1) is 5.91. The highest BCUT2D eigenvalue weighted by Gasteiger charge is 2.31. The van der Waals surface area contributed by atoms with Gasteiger partial charge in [0.15, 0.2) is 0 Å². The van der Waals surface area contributed by atoms with E-state index in [1.54, 1.807) is 0 Å². The van der Waals surface area contributed by atoms with Crippen molar-refractivity contribution in [2.75, 3.05) is 0 Å². The van der Waals surface area contributed by atoms with Crippen LogP contribution in [0, 0.1) is 11.3 Å². The fourth-order valence-corrected chi connectivity index (χ4v) is 1.78. The Kier molecular flexibility index (Phi) is 3.36. The molecule has 2 nitrogen and oxygen atoms in total. The lowest BCUT2D eigenvalue weighted by Crippen LogP contribution is -2.39. The molecule has 13 heavy (non-hydrogen) atoms. The van der Waals surface area contributed by atoms with Gasteiger partial charge in [-0.05, 0) is 17.8 Å². The van der Waals surface area contributed by atoms with Gasteiger partial charge >= 0.3 is 0 Å². The molecule has 0 bridgehead atoms. The molecular weight excluding hydrogens is 164 g/mol. The van der Waals surface area contributed by atoms with Gasteiger partial charge in [-0.25, -0.2) is 0 Å². The first kappa shape index (κ1) is 11.0. The first-order valence-electron chi connectivity index (χ1n) is 5.27. The summed E-state index contributed by atoms with van der Waals surface area (Å²) in [6.45, 7) is 5.88. The van der Waals surface area contributed by atoms with Crippen LogP contribution in [-0.4, -0.2) is 22.4 Å². The van der Waals surface area contributed by atoms with Gasteiger partial charge in [0.05, 0.1) is 12.2 Å². The van der Waals surface area contributed by atoms with Crippen molar-refractivity contribution in [2.45, 2.75) is 58.7 Å². The van der Waals surface area contributed by atoms with Crippen LogP contribution < -0.4 is 0 Å². The van der Waals surface area contributed by atoms with Crippen molar-refractivity contribution in [3.8, 4) is 0 Å². The van der Waals surface area contributed by atoms with E-state index in [0.29, 0.717) is 5.92 Å².